The van der Waals surface area contributed by atoms with Crippen molar-refractivity contribution in [1.29, 1.82) is 0 Å². The van der Waals surface area contributed by atoms with Gasteiger partial charge in [-0.15, -0.1) is 11.3 Å². The molecule has 0 bridgehead atoms. The second-order valence-corrected chi connectivity index (χ2v) is 6.57. The van der Waals surface area contributed by atoms with E-state index in [2.05, 4.69) is 15.1 Å². The molecule has 2 heterocycles. The van der Waals surface area contributed by atoms with Crippen molar-refractivity contribution in [1.82, 2.24) is 15.1 Å². The van der Waals surface area contributed by atoms with Crippen molar-refractivity contribution in [2.45, 2.75) is 6.42 Å². The van der Waals surface area contributed by atoms with E-state index in [1.165, 1.54) is 0 Å². The van der Waals surface area contributed by atoms with Gasteiger partial charge in [0.25, 0.3) is 0 Å². The van der Waals surface area contributed by atoms with Gasteiger partial charge in [-0.25, -0.2) is 4.98 Å². The Hall–Kier alpha value is -2.50. The lowest BCUT2D eigenvalue weighted by Gasteiger charge is -1.94. The third-order valence-corrected chi connectivity index (χ3v) is 4.60. The molecule has 118 valence electrons. The summed E-state index contributed by atoms with van der Waals surface area (Å²) in [7, 11) is 0. The van der Waals surface area contributed by atoms with Crippen molar-refractivity contribution < 1.29 is 4.52 Å². The molecule has 0 spiro atoms. The average molecular weight is 354 g/mol. The largest absolute Gasteiger partial charge is 0.339 e. The molecule has 0 radical (unpaired) electrons. The van der Waals surface area contributed by atoms with Gasteiger partial charge in [0, 0.05) is 21.5 Å². The van der Waals surface area contributed by atoms with E-state index in [4.69, 9.17) is 16.1 Å². The molecule has 6 heteroatoms. The summed E-state index contributed by atoms with van der Waals surface area (Å²) in [6.45, 7) is 0. The highest BCUT2D eigenvalue weighted by Gasteiger charge is 2.12. The van der Waals surface area contributed by atoms with E-state index in [1.807, 2.05) is 47.8 Å². The molecule has 4 nitrogen and oxygen atoms in total. The zero-order valence-corrected chi connectivity index (χ0v) is 14.1. The molecule has 0 saturated carbocycles. The lowest BCUT2D eigenvalue weighted by Crippen LogP contribution is -1.88. The predicted octanol–water partition coefficient (Wildman–Crippen LogP) is 5.10. The smallest absolute Gasteiger partial charge is 0.233 e. The van der Waals surface area contributed by atoms with Crippen molar-refractivity contribution in [2.75, 3.05) is 0 Å². The van der Waals surface area contributed by atoms with Crippen LogP contribution < -0.4 is 0 Å². The Morgan fingerprint density at radius 1 is 0.917 bits per heavy atom. The molecule has 0 aliphatic heterocycles. The molecule has 0 fully saturated rings. The van der Waals surface area contributed by atoms with E-state index in [0.717, 1.165) is 21.8 Å². The second kappa shape index (κ2) is 6.55. The molecular formula is C18H12ClN3OS. The fourth-order valence-electron chi connectivity index (χ4n) is 2.31. The van der Waals surface area contributed by atoms with Crippen LogP contribution in [-0.2, 0) is 6.42 Å². The van der Waals surface area contributed by atoms with E-state index >= 15 is 0 Å². The standard InChI is InChI=1S/C18H12ClN3OS/c19-14-8-6-13(7-9-14)18-21-16(23-22-18)10-17-20-15(11-24-17)12-4-2-1-3-5-12/h1-9,11H,10H2. The summed E-state index contributed by atoms with van der Waals surface area (Å²) in [6, 6.07) is 17.4. The Balaban J connectivity index is 1.52. The SMILES string of the molecule is Clc1ccc(-c2noc(Cc3nc(-c4ccccc4)cs3)n2)cc1. The van der Waals surface area contributed by atoms with Gasteiger partial charge < -0.3 is 4.52 Å². The van der Waals surface area contributed by atoms with Crippen LogP contribution in [0, 0.1) is 0 Å². The molecule has 0 unspecified atom stereocenters. The van der Waals surface area contributed by atoms with Crippen LogP contribution in [0.15, 0.2) is 64.5 Å². The van der Waals surface area contributed by atoms with Crippen molar-refractivity contribution in [3.05, 3.63) is 75.9 Å². The number of rotatable bonds is 4. The normalized spacial score (nSPS) is 10.9. The summed E-state index contributed by atoms with van der Waals surface area (Å²) >= 11 is 7.48. The average Bonchev–Trinajstić information content (AvgIpc) is 3.27. The number of aromatic nitrogens is 3. The molecule has 0 N–H and O–H groups in total. The number of hydrogen-bond acceptors (Lipinski definition) is 5. The minimum Gasteiger partial charge on any atom is -0.339 e. The summed E-state index contributed by atoms with van der Waals surface area (Å²) in [4.78, 5) is 9.08. The first-order chi connectivity index (χ1) is 11.8. The summed E-state index contributed by atoms with van der Waals surface area (Å²) in [6.07, 6.45) is 0.526. The highest BCUT2D eigenvalue weighted by molar-refractivity contribution is 7.10. The Morgan fingerprint density at radius 3 is 2.50 bits per heavy atom. The summed E-state index contributed by atoms with van der Waals surface area (Å²) < 4.78 is 5.34. The fraction of sp³-hybridized carbons (Fsp3) is 0.0556. The molecule has 24 heavy (non-hydrogen) atoms. The van der Waals surface area contributed by atoms with Crippen LogP contribution in [0.2, 0.25) is 5.02 Å². The molecule has 4 aromatic rings. The van der Waals surface area contributed by atoms with E-state index in [9.17, 15) is 0 Å². The topological polar surface area (TPSA) is 51.8 Å². The highest BCUT2D eigenvalue weighted by Crippen LogP contribution is 2.24. The molecule has 0 aliphatic carbocycles. The van der Waals surface area contributed by atoms with Crippen LogP contribution in [0.3, 0.4) is 0 Å². The van der Waals surface area contributed by atoms with Gasteiger partial charge in [-0.2, -0.15) is 4.98 Å². The Bertz CT molecular complexity index is 948. The molecule has 4 rings (SSSR count). The summed E-state index contributed by atoms with van der Waals surface area (Å²) in [5.41, 5.74) is 2.94. The Labute approximate surface area is 147 Å². The minimum atomic E-state index is 0.526. The van der Waals surface area contributed by atoms with Crippen LogP contribution in [0.25, 0.3) is 22.6 Å². The number of benzene rings is 2. The monoisotopic (exact) mass is 353 g/mol. The van der Waals surface area contributed by atoms with E-state index in [0.29, 0.717) is 23.2 Å². The van der Waals surface area contributed by atoms with E-state index < -0.39 is 0 Å². The maximum absolute atomic E-state index is 5.89. The van der Waals surface area contributed by atoms with Crippen LogP contribution in [-0.4, -0.2) is 15.1 Å². The van der Waals surface area contributed by atoms with Crippen molar-refractivity contribution >= 4 is 22.9 Å². The Morgan fingerprint density at radius 2 is 1.71 bits per heavy atom. The number of hydrogen-bond donors (Lipinski definition) is 0. The van der Waals surface area contributed by atoms with Crippen LogP contribution >= 0.6 is 22.9 Å². The molecule has 0 atom stereocenters. The van der Waals surface area contributed by atoms with E-state index in [1.54, 1.807) is 23.5 Å². The van der Waals surface area contributed by atoms with Crippen molar-refractivity contribution in [3.63, 3.8) is 0 Å². The maximum atomic E-state index is 5.89. The van der Waals surface area contributed by atoms with Gasteiger partial charge in [-0.05, 0) is 24.3 Å². The van der Waals surface area contributed by atoms with Gasteiger partial charge in [0.15, 0.2) is 0 Å². The lowest BCUT2D eigenvalue weighted by atomic mass is 10.2. The fourth-order valence-corrected chi connectivity index (χ4v) is 3.23. The predicted molar refractivity (Wildman–Crippen MR) is 95.1 cm³/mol. The van der Waals surface area contributed by atoms with Crippen LogP contribution in [0.1, 0.15) is 10.9 Å². The van der Waals surface area contributed by atoms with Gasteiger partial charge in [0.05, 0.1) is 12.1 Å². The number of nitrogens with zero attached hydrogens (tertiary/aromatic N) is 3. The van der Waals surface area contributed by atoms with Crippen LogP contribution in [0.4, 0.5) is 0 Å². The van der Waals surface area contributed by atoms with Crippen molar-refractivity contribution in [3.8, 4) is 22.6 Å². The van der Waals surface area contributed by atoms with Gasteiger partial charge in [0.2, 0.25) is 11.7 Å². The Kier molecular flexibility index (Phi) is 4.11. The maximum Gasteiger partial charge on any atom is 0.233 e. The first kappa shape index (κ1) is 15.1. The molecule has 2 aromatic carbocycles. The molecule has 0 amide bonds. The first-order valence-corrected chi connectivity index (χ1v) is 8.62. The minimum absolute atomic E-state index is 0.526. The molecule has 0 aliphatic rings. The zero-order chi connectivity index (χ0) is 16.4. The molecular weight excluding hydrogens is 342 g/mol. The quantitative estimate of drug-likeness (QED) is 0.512. The second-order valence-electron chi connectivity index (χ2n) is 5.19. The lowest BCUT2D eigenvalue weighted by molar-refractivity contribution is 0.385. The number of halogens is 1. The zero-order valence-electron chi connectivity index (χ0n) is 12.5. The van der Waals surface area contributed by atoms with Crippen LogP contribution in [0.5, 0.6) is 0 Å². The highest BCUT2D eigenvalue weighted by atomic mass is 35.5. The summed E-state index contributed by atoms with van der Waals surface area (Å²) in [5, 5.41) is 7.69. The molecule has 2 aromatic heterocycles. The van der Waals surface area contributed by atoms with Crippen molar-refractivity contribution in [2.24, 2.45) is 0 Å². The van der Waals surface area contributed by atoms with Gasteiger partial charge in [-0.3, -0.25) is 0 Å². The van der Waals surface area contributed by atoms with E-state index in [-0.39, 0.29) is 0 Å². The summed E-state index contributed by atoms with van der Waals surface area (Å²) in [5.74, 6) is 1.11. The first-order valence-electron chi connectivity index (χ1n) is 7.36. The van der Waals surface area contributed by atoms with Gasteiger partial charge >= 0.3 is 0 Å². The third kappa shape index (κ3) is 3.22. The third-order valence-electron chi connectivity index (χ3n) is 3.49. The van der Waals surface area contributed by atoms with Gasteiger partial charge in [0.1, 0.15) is 5.01 Å². The number of thiazole rings is 1. The molecule has 0 saturated heterocycles. The van der Waals surface area contributed by atoms with Gasteiger partial charge in [-0.1, -0.05) is 47.1 Å².